The molecule has 2 rings (SSSR count). The Labute approximate surface area is 132 Å². The van der Waals surface area contributed by atoms with Gasteiger partial charge in [0.2, 0.25) is 10.0 Å². The third-order valence-electron chi connectivity index (χ3n) is 3.79. The van der Waals surface area contributed by atoms with E-state index in [1.54, 1.807) is 30.0 Å². The van der Waals surface area contributed by atoms with E-state index in [9.17, 15) is 8.42 Å². The zero-order chi connectivity index (χ0) is 15.3. The second kappa shape index (κ2) is 7.13. The number of sulfonamides is 1. The van der Waals surface area contributed by atoms with E-state index in [4.69, 9.17) is 0 Å². The predicted octanol–water partition coefficient (Wildman–Crippen LogP) is 2.36. The summed E-state index contributed by atoms with van der Waals surface area (Å²) in [6, 6.07) is 7.17. The second-order valence-corrected chi connectivity index (χ2v) is 8.58. The number of hydrogen-bond acceptors (Lipinski definition) is 4. The Kier molecular flexibility index (Phi) is 5.71. The van der Waals surface area contributed by atoms with Crippen LogP contribution in [0.4, 0.5) is 0 Å². The van der Waals surface area contributed by atoms with E-state index in [0.717, 1.165) is 31.4 Å². The van der Waals surface area contributed by atoms with Crippen molar-refractivity contribution in [1.29, 1.82) is 0 Å². The summed E-state index contributed by atoms with van der Waals surface area (Å²) in [6.07, 6.45) is 5.30. The van der Waals surface area contributed by atoms with E-state index in [2.05, 4.69) is 17.0 Å². The molecule has 1 aliphatic carbocycles. The molecule has 1 aliphatic rings. The normalized spacial score (nSPS) is 16.9. The van der Waals surface area contributed by atoms with Crippen molar-refractivity contribution in [3.8, 4) is 0 Å². The molecule has 0 aromatic heterocycles. The molecule has 0 unspecified atom stereocenters. The highest BCUT2D eigenvalue weighted by molar-refractivity contribution is 8.00. The van der Waals surface area contributed by atoms with Crippen LogP contribution >= 0.6 is 11.8 Å². The molecule has 1 aromatic carbocycles. The van der Waals surface area contributed by atoms with E-state index < -0.39 is 10.0 Å². The second-order valence-electron chi connectivity index (χ2n) is 5.54. The quantitative estimate of drug-likeness (QED) is 0.683. The Balaban J connectivity index is 2.00. The van der Waals surface area contributed by atoms with Crippen molar-refractivity contribution in [2.45, 2.75) is 42.4 Å². The van der Waals surface area contributed by atoms with Crippen molar-refractivity contribution in [2.75, 3.05) is 19.3 Å². The Morgan fingerprint density at radius 2 is 2.10 bits per heavy atom. The molecule has 0 heterocycles. The van der Waals surface area contributed by atoms with E-state index in [0.29, 0.717) is 18.0 Å². The van der Waals surface area contributed by atoms with Gasteiger partial charge in [0, 0.05) is 17.8 Å². The molecular weight excluding hydrogens is 304 g/mol. The molecule has 0 radical (unpaired) electrons. The van der Waals surface area contributed by atoms with Crippen LogP contribution in [-0.4, -0.2) is 32.5 Å². The molecule has 0 aliphatic heterocycles. The van der Waals surface area contributed by atoms with Crippen molar-refractivity contribution in [3.05, 3.63) is 29.8 Å². The van der Waals surface area contributed by atoms with Crippen molar-refractivity contribution in [1.82, 2.24) is 10.0 Å². The van der Waals surface area contributed by atoms with E-state index >= 15 is 0 Å². The lowest BCUT2D eigenvalue weighted by atomic mass is 10.2. The predicted molar refractivity (Wildman–Crippen MR) is 89.1 cm³/mol. The summed E-state index contributed by atoms with van der Waals surface area (Å²) in [7, 11) is -3.41. The van der Waals surface area contributed by atoms with Gasteiger partial charge >= 0.3 is 0 Å². The highest BCUT2D eigenvalue weighted by Gasteiger charge is 2.42. The van der Waals surface area contributed by atoms with Gasteiger partial charge in [-0.3, -0.25) is 0 Å². The fourth-order valence-corrected chi connectivity index (χ4v) is 4.15. The number of nitrogens with one attached hydrogen (secondary N) is 2. The summed E-state index contributed by atoms with van der Waals surface area (Å²) in [5.41, 5.74) is 0.998. The first-order chi connectivity index (χ1) is 10.0. The molecule has 6 heteroatoms. The van der Waals surface area contributed by atoms with Crippen LogP contribution in [0.2, 0.25) is 0 Å². The number of benzene rings is 1. The largest absolute Gasteiger partial charge is 0.313 e. The van der Waals surface area contributed by atoms with E-state index in [1.807, 2.05) is 12.3 Å². The van der Waals surface area contributed by atoms with Gasteiger partial charge in [0.1, 0.15) is 0 Å². The summed E-state index contributed by atoms with van der Waals surface area (Å²) >= 11 is 1.75. The highest BCUT2D eigenvalue weighted by Crippen LogP contribution is 2.46. The van der Waals surface area contributed by atoms with Crippen LogP contribution in [0.1, 0.15) is 31.7 Å². The molecule has 0 amide bonds. The molecule has 0 bridgehead atoms. The van der Waals surface area contributed by atoms with Crippen molar-refractivity contribution >= 4 is 21.8 Å². The molecule has 21 heavy (non-hydrogen) atoms. The number of hydrogen-bond donors (Lipinski definition) is 2. The number of rotatable bonds is 9. The molecule has 0 spiro atoms. The van der Waals surface area contributed by atoms with Gasteiger partial charge in [-0.05, 0) is 49.8 Å². The summed E-state index contributed by atoms with van der Waals surface area (Å²) < 4.78 is 27.6. The van der Waals surface area contributed by atoms with Gasteiger partial charge in [0.05, 0.1) is 4.90 Å². The maximum Gasteiger partial charge on any atom is 0.240 e. The molecular formula is C15H24N2O2S2. The van der Waals surface area contributed by atoms with E-state index in [-0.39, 0.29) is 4.75 Å². The first-order valence-corrected chi connectivity index (χ1v) is 10.1. The average molecular weight is 329 g/mol. The van der Waals surface area contributed by atoms with Crippen LogP contribution < -0.4 is 10.0 Å². The van der Waals surface area contributed by atoms with Crippen LogP contribution in [0.25, 0.3) is 0 Å². The zero-order valence-corrected chi connectivity index (χ0v) is 14.3. The SMILES string of the molecule is CCCNCc1cccc(S(=O)(=O)NCC2(SC)CC2)c1. The Hall–Kier alpha value is -0.560. The zero-order valence-electron chi connectivity index (χ0n) is 12.7. The van der Waals surface area contributed by atoms with Crippen molar-refractivity contribution < 1.29 is 8.42 Å². The van der Waals surface area contributed by atoms with Crippen molar-refractivity contribution in [2.24, 2.45) is 0 Å². The summed E-state index contributed by atoms with van der Waals surface area (Å²) in [5, 5.41) is 3.29. The Morgan fingerprint density at radius 1 is 1.33 bits per heavy atom. The third kappa shape index (κ3) is 4.71. The van der Waals surface area contributed by atoms with Crippen LogP contribution in [0, 0.1) is 0 Å². The molecule has 4 nitrogen and oxygen atoms in total. The molecule has 1 aromatic rings. The molecule has 2 N–H and O–H groups in total. The van der Waals surface area contributed by atoms with Gasteiger partial charge in [0.15, 0.2) is 0 Å². The van der Waals surface area contributed by atoms with Gasteiger partial charge in [-0.25, -0.2) is 13.1 Å². The average Bonchev–Trinajstić information content (AvgIpc) is 3.27. The van der Waals surface area contributed by atoms with Gasteiger partial charge in [-0.2, -0.15) is 11.8 Å². The Bertz CT molecular complexity index is 569. The lowest BCUT2D eigenvalue weighted by Crippen LogP contribution is -2.31. The molecule has 118 valence electrons. The fraction of sp³-hybridized carbons (Fsp3) is 0.600. The topological polar surface area (TPSA) is 58.2 Å². The summed E-state index contributed by atoms with van der Waals surface area (Å²) in [6.45, 7) is 4.27. The Morgan fingerprint density at radius 3 is 2.71 bits per heavy atom. The smallest absolute Gasteiger partial charge is 0.240 e. The monoisotopic (exact) mass is 328 g/mol. The standard InChI is InChI=1S/C15H24N2O2S2/c1-3-9-16-11-13-5-4-6-14(10-13)21(18,19)17-12-15(20-2)7-8-15/h4-6,10,16-17H,3,7-9,11-12H2,1-2H3. The van der Waals surface area contributed by atoms with Crippen LogP contribution in [0.5, 0.6) is 0 Å². The van der Waals surface area contributed by atoms with Gasteiger partial charge < -0.3 is 5.32 Å². The first-order valence-electron chi connectivity index (χ1n) is 7.36. The fourth-order valence-electron chi connectivity index (χ4n) is 2.13. The van der Waals surface area contributed by atoms with Gasteiger partial charge in [-0.15, -0.1) is 0 Å². The maximum atomic E-state index is 12.4. The molecule has 0 atom stereocenters. The van der Waals surface area contributed by atoms with Crippen LogP contribution in [-0.2, 0) is 16.6 Å². The lowest BCUT2D eigenvalue weighted by molar-refractivity contribution is 0.579. The minimum Gasteiger partial charge on any atom is -0.313 e. The highest BCUT2D eigenvalue weighted by atomic mass is 32.2. The van der Waals surface area contributed by atoms with Gasteiger partial charge in [-0.1, -0.05) is 19.1 Å². The molecule has 1 saturated carbocycles. The van der Waals surface area contributed by atoms with Crippen LogP contribution in [0.15, 0.2) is 29.2 Å². The third-order valence-corrected chi connectivity index (χ3v) is 6.61. The minimum absolute atomic E-state index is 0.132. The number of thioether (sulfide) groups is 1. The molecule has 1 fully saturated rings. The summed E-state index contributed by atoms with van der Waals surface area (Å²) in [5.74, 6) is 0. The van der Waals surface area contributed by atoms with Crippen molar-refractivity contribution in [3.63, 3.8) is 0 Å². The minimum atomic E-state index is -3.41. The first kappa shape index (κ1) is 16.8. The van der Waals surface area contributed by atoms with E-state index in [1.165, 1.54) is 0 Å². The lowest BCUT2D eigenvalue weighted by Gasteiger charge is -2.14. The summed E-state index contributed by atoms with van der Waals surface area (Å²) in [4.78, 5) is 0.357. The van der Waals surface area contributed by atoms with Crippen LogP contribution in [0.3, 0.4) is 0 Å². The maximum absolute atomic E-state index is 12.4. The molecule has 0 saturated heterocycles. The van der Waals surface area contributed by atoms with Gasteiger partial charge in [0.25, 0.3) is 0 Å².